The molecule has 0 saturated heterocycles. The van der Waals surface area contributed by atoms with Gasteiger partial charge < -0.3 is 19.5 Å². The largest absolute Gasteiger partial charge is 0.481 e. The molecule has 0 aliphatic heterocycles. The van der Waals surface area contributed by atoms with Crippen LogP contribution in [0.1, 0.15) is 29.5 Å². The Morgan fingerprint density at radius 3 is 2.24 bits per heavy atom. The van der Waals surface area contributed by atoms with E-state index < -0.39 is 34.8 Å². The second-order valence-corrected chi connectivity index (χ2v) is 8.26. The normalized spacial score (nSPS) is 14.3. The van der Waals surface area contributed by atoms with Crippen LogP contribution in [0.2, 0.25) is 5.02 Å². The summed E-state index contributed by atoms with van der Waals surface area (Å²) < 4.78 is 49.0. The van der Waals surface area contributed by atoms with Gasteiger partial charge in [-0.15, -0.1) is 0 Å². The van der Waals surface area contributed by atoms with Crippen LogP contribution in [0.4, 0.5) is 13.2 Å². The van der Waals surface area contributed by atoms with Gasteiger partial charge in [-0.05, 0) is 41.5 Å². The minimum atomic E-state index is -5.07. The summed E-state index contributed by atoms with van der Waals surface area (Å²) in [5.41, 5.74) is -3.72. The Balaban J connectivity index is 1.91. The van der Waals surface area contributed by atoms with E-state index in [-0.39, 0.29) is 22.8 Å². The summed E-state index contributed by atoms with van der Waals surface area (Å²) in [7, 11) is 1.29. The molecule has 1 heterocycles. The molecule has 0 aliphatic carbocycles. The standard InChI is InChI=1S/C24H21ClF3NO5/c1-14(23(33,24(26,27)28)16-5-10-21(30)29(2)13-16)19-9-8-18(12-20(19)25)34-17-6-3-15(4-7-17)11-22(31)32/h3-10,12-14,33H,11H2,1-2H3,(H,31,32). The zero-order chi connectivity index (χ0) is 25.3. The van der Waals surface area contributed by atoms with Gasteiger partial charge in [0, 0.05) is 35.8 Å². The molecule has 2 aromatic carbocycles. The van der Waals surface area contributed by atoms with Crippen molar-refractivity contribution in [1.29, 1.82) is 0 Å². The summed E-state index contributed by atoms with van der Waals surface area (Å²) in [6, 6.07) is 12.3. The Bertz CT molecular complexity index is 1260. The average Bonchev–Trinajstić information content (AvgIpc) is 2.75. The van der Waals surface area contributed by atoms with E-state index in [0.717, 1.165) is 22.9 Å². The molecule has 3 aromatic rings. The van der Waals surface area contributed by atoms with Crippen molar-refractivity contribution in [2.45, 2.75) is 31.0 Å². The van der Waals surface area contributed by atoms with E-state index in [9.17, 15) is 27.9 Å². The third-order valence-electron chi connectivity index (χ3n) is 5.54. The Kier molecular flexibility index (Phi) is 7.09. The molecule has 0 radical (unpaired) electrons. The van der Waals surface area contributed by atoms with Crippen molar-refractivity contribution in [3.05, 3.63) is 92.9 Å². The topological polar surface area (TPSA) is 88.8 Å². The van der Waals surface area contributed by atoms with Crippen LogP contribution in [0.5, 0.6) is 11.5 Å². The molecule has 0 amide bonds. The number of aryl methyl sites for hydroxylation is 1. The van der Waals surface area contributed by atoms with Gasteiger partial charge in [-0.1, -0.05) is 36.7 Å². The number of nitrogens with zero attached hydrogens (tertiary/aromatic N) is 1. The molecule has 0 bridgehead atoms. The second-order valence-electron chi connectivity index (χ2n) is 7.85. The molecule has 1 aromatic heterocycles. The van der Waals surface area contributed by atoms with Crippen LogP contribution in [-0.2, 0) is 23.9 Å². The predicted octanol–water partition coefficient (Wildman–Crippen LogP) is 5.01. The van der Waals surface area contributed by atoms with Crippen molar-refractivity contribution in [3.8, 4) is 11.5 Å². The number of hydrogen-bond donors (Lipinski definition) is 2. The highest BCUT2D eigenvalue weighted by molar-refractivity contribution is 6.31. The fourth-order valence-electron chi connectivity index (χ4n) is 3.61. The van der Waals surface area contributed by atoms with Gasteiger partial charge in [-0.2, -0.15) is 13.2 Å². The molecule has 0 fully saturated rings. The van der Waals surface area contributed by atoms with E-state index in [1.54, 1.807) is 24.3 Å². The minimum Gasteiger partial charge on any atom is -0.481 e. The fourth-order valence-corrected chi connectivity index (χ4v) is 3.95. The van der Waals surface area contributed by atoms with Crippen molar-refractivity contribution in [1.82, 2.24) is 4.57 Å². The van der Waals surface area contributed by atoms with Crippen LogP contribution in [0.3, 0.4) is 0 Å². The summed E-state index contributed by atoms with van der Waals surface area (Å²) in [6.45, 7) is 1.20. The van der Waals surface area contributed by atoms with Crippen LogP contribution in [0.15, 0.2) is 65.6 Å². The monoisotopic (exact) mass is 495 g/mol. The maximum Gasteiger partial charge on any atom is 0.422 e. The highest BCUT2D eigenvalue weighted by Crippen LogP contribution is 2.49. The number of rotatable bonds is 7. The molecule has 0 spiro atoms. The lowest BCUT2D eigenvalue weighted by Crippen LogP contribution is -2.47. The molecular formula is C24H21ClF3NO5. The number of carboxylic acid groups (broad SMARTS) is 1. The summed E-state index contributed by atoms with van der Waals surface area (Å²) in [4.78, 5) is 22.4. The number of aromatic nitrogens is 1. The second kappa shape index (κ2) is 9.52. The summed E-state index contributed by atoms with van der Waals surface area (Å²) >= 11 is 6.29. The first-order valence-corrected chi connectivity index (χ1v) is 10.4. The quantitative estimate of drug-likeness (QED) is 0.481. The number of hydrogen-bond acceptors (Lipinski definition) is 4. The molecule has 34 heavy (non-hydrogen) atoms. The lowest BCUT2D eigenvalue weighted by molar-refractivity contribution is -0.274. The van der Waals surface area contributed by atoms with Gasteiger partial charge in [0.1, 0.15) is 11.5 Å². The molecule has 0 aliphatic rings. The first-order chi connectivity index (χ1) is 15.8. The van der Waals surface area contributed by atoms with Crippen molar-refractivity contribution in [3.63, 3.8) is 0 Å². The molecule has 180 valence electrons. The highest BCUT2D eigenvalue weighted by Gasteiger charge is 2.59. The maximum atomic E-state index is 14.1. The Morgan fingerprint density at radius 1 is 1.09 bits per heavy atom. The molecule has 2 atom stereocenters. The zero-order valence-corrected chi connectivity index (χ0v) is 18.9. The number of carbonyl (C=O) groups is 1. The van der Waals surface area contributed by atoms with E-state index >= 15 is 0 Å². The van der Waals surface area contributed by atoms with E-state index in [0.29, 0.717) is 11.3 Å². The number of ether oxygens (including phenoxy) is 1. The number of halogens is 4. The number of pyridine rings is 1. The van der Waals surface area contributed by atoms with Gasteiger partial charge in [0.2, 0.25) is 5.56 Å². The summed E-state index contributed by atoms with van der Waals surface area (Å²) in [5.74, 6) is -1.88. The highest BCUT2D eigenvalue weighted by atomic mass is 35.5. The van der Waals surface area contributed by atoms with Crippen LogP contribution >= 0.6 is 11.6 Å². The van der Waals surface area contributed by atoms with E-state index in [1.807, 2.05) is 0 Å². The van der Waals surface area contributed by atoms with Crippen LogP contribution < -0.4 is 10.3 Å². The van der Waals surface area contributed by atoms with Crippen LogP contribution in [0.25, 0.3) is 0 Å². The van der Waals surface area contributed by atoms with Crippen LogP contribution in [0, 0.1) is 0 Å². The van der Waals surface area contributed by atoms with Crippen molar-refractivity contribution >= 4 is 17.6 Å². The molecule has 2 unspecified atom stereocenters. The number of aliphatic carboxylic acids is 1. The molecule has 3 rings (SSSR count). The molecule has 0 saturated carbocycles. The number of aliphatic hydroxyl groups is 1. The van der Waals surface area contributed by atoms with Gasteiger partial charge in [0.25, 0.3) is 0 Å². The van der Waals surface area contributed by atoms with Gasteiger partial charge in [0.05, 0.1) is 6.42 Å². The van der Waals surface area contributed by atoms with Crippen molar-refractivity contribution in [2.75, 3.05) is 0 Å². The summed E-state index contributed by atoms with van der Waals surface area (Å²) in [5, 5.41) is 19.7. The molecule has 2 N–H and O–H groups in total. The first kappa shape index (κ1) is 25.3. The molecule has 6 nitrogen and oxygen atoms in total. The Morgan fingerprint density at radius 2 is 1.71 bits per heavy atom. The predicted molar refractivity (Wildman–Crippen MR) is 119 cm³/mol. The van der Waals surface area contributed by atoms with Gasteiger partial charge in [-0.3, -0.25) is 9.59 Å². The van der Waals surface area contributed by atoms with Crippen molar-refractivity contribution in [2.24, 2.45) is 7.05 Å². The zero-order valence-electron chi connectivity index (χ0n) is 18.1. The number of benzene rings is 2. The fraction of sp³-hybridized carbons (Fsp3) is 0.250. The van der Waals surface area contributed by atoms with Gasteiger partial charge in [-0.25, -0.2) is 0 Å². The first-order valence-electron chi connectivity index (χ1n) is 10.1. The van der Waals surface area contributed by atoms with E-state index in [2.05, 4.69) is 0 Å². The maximum absolute atomic E-state index is 14.1. The molecule has 10 heteroatoms. The van der Waals surface area contributed by atoms with E-state index in [4.69, 9.17) is 21.4 Å². The number of carboxylic acids is 1. The smallest absolute Gasteiger partial charge is 0.422 e. The van der Waals surface area contributed by atoms with E-state index in [1.165, 1.54) is 32.2 Å². The lowest BCUT2D eigenvalue weighted by atomic mass is 9.78. The lowest BCUT2D eigenvalue weighted by Gasteiger charge is -2.37. The minimum absolute atomic E-state index is 0.0273. The van der Waals surface area contributed by atoms with Crippen molar-refractivity contribution < 1.29 is 32.9 Å². The van der Waals surface area contributed by atoms with Gasteiger partial charge >= 0.3 is 12.1 Å². The van der Waals surface area contributed by atoms with Crippen LogP contribution in [-0.4, -0.2) is 26.9 Å². The van der Waals surface area contributed by atoms with Gasteiger partial charge in [0.15, 0.2) is 5.60 Å². The molecular weight excluding hydrogens is 475 g/mol. The Labute approximate surface area is 197 Å². The third kappa shape index (κ3) is 5.10. The SMILES string of the molecule is CC(c1ccc(Oc2ccc(CC(=O)O)cc2)cc1Cl)C(O)(c1ccc(=O)n(C)c1)C(F)(F)F. The average molecular weight is 496 g/mol. The summed E-state index contributed by atoms with van der Waals surface area (Å²) in [6.07, 6.45) is -4.26. The third-order valence-corrected chi connectivity index (χ3v) is 5.86. The number of alkyl halides is 3. The Hall–Kier alpha value is -3.30.